The Kier molecular flexibility index (Phi) is 7.47. The molecule has 2 unspecified atom stereocenters. The van der Waals surface area contributed by atoms with E-state index in [1.165, 1.54) is 12.8 Å². The number of rotatable bonds is 7. The normalized spacial score (nSPS) is 14.5. The van der Waals surface area contributed by atoms with Crippen LogP contribution in [0.2, 0.25) is 10.0 Å². The Morgan fingerprint density at radius 3 is 2.56 bits per heavy atom. The van der Waals surface area contributed by atoms with Crippen LogP contribution in [0, 0.1) is 0 Å². The van der Waals surface area contributed by atoms with Gasteiger partial charge in [-0.15, -0.1) is 11.8 Å². The molecule has 1 N–H and O–H groups in total. The number of hydrogen-bond acceptors (Lipinski definition) is 2. The summed E-state index contributed by atoms with van der Waals surface area (Å²) in [6.07, 6.45) is 3.48. The molecule has 0 radical (unpaired) electrons. The lowest BCUT2D eigenvalue weighted by atomic mass is 10.1. The predicted octanol–water partition coefficient (Wildman–Crippen LogP) is 5.25. The second-order valence-corrected chi connectivity index (χ2v) is 6.45. The van der Waals surface area contributed by atoms with Crippen molar-refractivity contribution in [2.45, 2.75) is 49.3 Å². The minimum Gasteiger partial charge on any atom is -0.316 e. The first-order chi connectivity index (χ1) is 8.62. The highest BCUT2D eigenvalue weighted by molar-refractivity contribution is 8.00. The van der Waals surface area contributed by atoms with Crippen molar-refractivity contribution in [3.63, 3.8) is 0 Å². The molecule has 4 heteroatoms. The van der Waals surface area contributed by atoms with E-state index in [1.54, 1.807) is 0 Å². The molecule has 0 aliphatic rings. The number of nitrogens with one attached hydrogen (secondary N) is 1. The van der Waals surface area contributed by atoms with Gasteiger partial charge < -0.3 is 5.32 Å². The van der Waals surface area contributed by atoms with Crippen LogP contribution in [-0.4, -0.2) is 18.3 Å². The third-order valence-electron chi connectivity index (χ3n) is 2.99. The van der Waals surface area contributed by atoms with Crippen LogP contribution in [0.25, 0.3) is 0 Å². The van der Waals surface area contributed by atoms with Gasteiger partial charge in [0.2, 0.25) is 0 Å². The summed E-state index contributed by atoms with van der Waals surface area (Å²) >= 11 is 14.1. The van der Waals surface area contributed by atoms with Crippen molar-refractivity contribution in [1.29, 1.82) is 0 Å². The van der Waals surface area contributed by atoms with Gasteiger partial charge in [0.15, 0.2) is 0 Å². The average molecular weight is 306 g/mol. The molecule has 0 heterocycles. The van der Waals surface area contributed by atoms with Crippen LogP contribution in [0.1, 0.15) is 33.1 Å². The second-order valence-electron chi connectivity index (χ2n) is 4.32. The van der Waals surface area contributed by atoms with Gasteiger partial charge in [-0.3, -0.25) is 0 Å². The fourth-order valence-corrected chi connectivity index (χ4v) is 3.80. The standard InChI is InChI=1S/C14H21Cl2NS/c1-4-6-12(17-3)13(5-2)18-14-9-10(15)7-8-11(14)16/h7-9,12-13,17H,4-6H2,1-3H3. The third-order valence-corrected chi connectivity index (χ3v) is 5.23. The summed E-state index contributed by atoms with van der Waals surface area (Å²) in [5.74, 6) is 0. The van der Waals surface area contributed by atoms with Crippen molar-refractivity contribution in [1.82, 2.24) is 5.32 Å². The summed E-state index contributed by atoms with van der Waals surface area (Å²) in [5, 5.41) is 5.46. The second kappa shape index (κ2) is 8.31. The lowest BCUT2D eigenvalue weighted by molar-refractivity contribution is 0.490. The molecule has 2 atom stereocenters. The van der Waals surface area contributed by atoms with Crippen molar-refractivity contribution in [2.24, 2.45) is 0 Å². The minimum atomic E-state index is 0.514. The van der Waals surface area contributed by atoms with E-state index in [0.717, 1.165) is 21.4 Å². The fraction of sp³-hybridized carbons (Fsp3) is 0.571. The Labute approximate surface area is 125 Å². The van der Waals surface area contributed by atoms with Crippen LogP contribution in [-0.2, 0) is 0 Å². The zero-order chi connectivity index (χ0) is 13.5. The first kappa shape index (κ1) is 16.2. The minimum absolute atomic E-state index is 0.514. The summed E-state index contributed by atoms with van der Waals surface area (Å²) in [7, 11) is 2.03. The molecule has 0 fully saturated rings. The molecule has 1 nitrogen and oxygen atoms in total. The predicted molar refractivity (Wildman–Crippen MR) is 84.2 cm³/mol. The Balaban J connectivity index is 2.81. The molecule has 1 aromatic rings. The van der Waals surface area contributed by atoms with Crippen LogP contribution in [0.15, 0.2) is 23.1 Å². The quantitative estimate of drug-likeness (QED) is 0.690. The molecule has 0 bridgehead atoms. The zero-order valence-corrected chi connectivity index (χ0v) is 13.5. The smallest absolute Gasteiger partial charge is 0.0543 e. The van der Waals surface area contributed by atoms with E-state index in [9.17, 15) is 0 Å². The average Bonchev–Trinajstić information content (AvgIpc) is 2.37. The first-order valence-corrected chi connectivity index (χ1v) is 8.04. The van der Waals surface area contributed by atoms with Gasteiger partial charge >= 0.3 is 0 Å². The topological polar surface area (TPSA) is 12.0 Å². The maximum Gasteiger partial charge on any atom is 0.0543 e. The van der Waals surface area contributed by atoms with Crippen molar-refractivity contribution >= 4 is 35.0 Å². The van der Waals surface area contributed by atoms with Crippen LogP contribution in [0.4, 0.5) is 0 Å². The van der Waals surface area contributed by atoms with Gasteiger partial charge in [0.05, 0.1) is 5.02 Å². The number of thioether (sulfide) groups is 1. The maximum atomic E-state index is 6.22. The molecule has 1 aromatic carbocycles. The van der Waals surface area contributed by atoms with E-state index in [4.69, 9.17) is 23.2 Å². The van der Waals surface area contributed by atoms with Crippen molar-refractivity contribution in [3.8, 4) is 0 Å². The molecule has 0 saturated heterocycles. The molecule has 0 saturated carbocycles. The molecular weight excluding hydrogens is 285 g/mol. The van der Waals surface area contributed by atoms with Gasteiger partial charge in [-0.2, -0.15) is 0 Å². The molecule has 0 spiro atoms. The Hall–Kier alpha value is 0.110. The molecule has 0 aliphatic heterocycles. The zero-order valence-electron chi connectivity index (χ0n) is 11.2. The molecule has 102 valence electrons. The van der Waals surface area contributed by atoms with Gasteiger partial charge in [-0.1, -0.05) is 43.5 Å². The van der Waals surface area contributed by atoms with Crippen molar-refractivity contribution < 1.29 is 0 Å². The monoisotopic (exact) mass is 305 g/mol. The summed E-state index contributed by atoms with van der Waals surface area (Å²) < 4.78 is 0. The molecular formula is C14H21Cl2NS. The van der Waals surface area contributed by atoms with E-state index in [2.05, 4.69) is 19.2 Å². The summed E-state index contributed by atoms with van der Waals surface area (Å²) in [5.41, 5.74) is 0. The lowest BCUT2D eigenvalue weighted by Gasteiger charge is -2.25. The largest absolute Gasteiger partial charge is 0.316 e. The van der Waals surface area contributed by atoms with Crippen molar-refractivity contribution in [3.05, 3.63) is 28.2 Å². The summed E-state index contributed by atoms with van der Waals surface area (Å²) in [6, 6.07) is 6.17. The summed E-state index contributed by atoms with van der Waals surface area (Å²) in [4.78, 5) is 1.08. The Bertz CT molecular complexity index is 371. The third kappa shape index (κ3) is 4.65. The van der Waals surface area contributed by atoms with Gasteiger partial charge in [-0.25, -0.2) is 0 Å². The molecule has 0 aliphatic carbocycles. The van der Waals surface area contributed by atoms with Crippen LogP contribution >= 0.6 is 35.0 Å². The first-order valence-electron chi connectivity index (χ1n) is 6.41. The molecule has 0 amide bonds. The molecule has 0 aromatic heterocycles. The van der Waals surface area contributed by atoms with E-state index >= 15 is 0 Å². The Morgan fingerprint density at radius 2 is 2.00 bits per heavy atom. The highest BCUT2D eigenvalue weighted by atomic mass is 35.5. The van der Waals surface area contributed by atoms with Crippen molar-refractivity contribution in [2.75, 3.05) is 7.05 Å². The SMILES string of the molecule is CCCC(NC)C(CC)Sc1cc(Cl)ccc1Cl. The van der Waals surface area contributed by atoms with Crippen LogP contribution in [0.5, 0.6) is 0 Å². The van der Waals surface area contributed by atoms with E-state index in [0.29, 0.717) is 11.3 Å². The summed E-state index contributed by atoms with van der Waals surface area (Å²) in [6.45, 7) is 4.43. The number of halogens is 2. The van der Waals surface area contributed by atoms with E-state index in [1.807, 2.05) is 37.0 Å². The highest BCUT2D eigenvalue weighted by Gasteiger charge is 2.19. The molecule has 18 heavy (non-hydrogen) atoms. The van der Waals surface area contributed by atoms with Gasteiger partial charge in [0.25, 0.3) is 0 Å². The fourth-order valence-electron chi connectivity index (χ4n) is 2.01. The Morgan fingerprint density at radius 1 is 1.28 bits per heavy atom. The number of hydrogen-bond donors (Lipinski definition) is 1. The highest BCUT2D eigenvalue weighted by Crippen LogP contribution is 2.35. The van der Waals surface area contributed by atoms with E-state index < -0.39 is 0 Å². The van der Waals surface area contributed by atoms with Gasteiger partial charge in [0.1, 0.15) is 0 Å². The molecule has 1 rings (SSSR count). The maximum absolute atomic E-state index is 6.22. The van der Waals surface area contributed by atoms with Crippen LogP contribution < -0.4 is 5.32 Å². The van der Waals surface area contributed by atoms with Gasteiger partial charge in [-0.05, 0) is 38.1 Å². The lowest BCUT2D eigenvalue weighted by Crippen LogP contribution is -2.35. The van der Waals surface area contributed by atoms with E-state index in [-0.39, 0.29) is 0 Å². The van der Waals surface area contributed by atoms with Crippen LogP contribution in [0.3, 0.4) is 0 Å². The number of benzene rings is 1. The van der Waals surface area contributed by atoms with Gasteiger partial charge in [0, 0.05) is 21.2 Å².